The maximum absolute atomic E-state index is 12.1. The lowest BCUT2D eigenvalue weighted by molar-refractivity contribution is 0.353. The van der Waals surface area contributed by atoms with Gasteiger partial charge in [0.15, 0.2) is 15.8 Å². The van der Waals surface area contributed by atoms with E-state index in [1.54, 1.807) is 25.6 Å². The fourth-order valence-electron chi connectivity index (χ4n) is 2.04. The Bertz CT molecular complexity index is 452. The Hall–Kier alpha value is 0.300. The first kappa shape index (κ1) is 21.3. The van der Waals surface area contributed by atoms with Gasteiger partial charge in [0.1, 0.15) is 0 Å². The molecule has 1 rings (SSSR count). The smallest absolute Gasteiger partial charge is 0.194 e. The predicted octanol–water partition coefficient (Wildman–Crippen LogP) is 1.83. The summed E-state index contributed by atoms with van der Waals surface area (Å²) in [5, 5.41) is 3.73. The molecule has 5 nitrogen and oxygen atoms in total. The molecule has 0 aromatic heterocycles. The first-order valence-electron chi connectivity index (χ1n) is 7.02. The van der Waals surface area contributed by atoms with E-state index in [4.69, 9.17) is 0 Å². The lowest BCUT2D eigenvalue weighted by Crippen LogP contribution is -2.57. The van der Waals surface area contributed by atoms with Crippen LogP contribution < -0.4 is 5.32 Å². The molecule has 1 saturated heterocycles. The highest BCUT2D eigenvalue weighted by molar-refractivity contribution is 14.0. The van der Waals surface area contributed by atoms with Crippen LogP contribution in [0.4, 0.5) is 0 Å². The van der Waals surface area contributed by atoms with Gasteiger partial charge >= 0.3 is 0 Å². The SMILES string of the molecule is CCNC(=NCC(C)SC)N1CCS(=O)(=O)C(C)(C)C1.I. The predicted molar refractivity (Wildman–Crippen MR) is 104 cm³/mol. The molecule has 0 aromatic carbocycles. The second-order valence-electron chi connectivity index (χ2n) is 5.74. The third kappa shape index (κ3) is 5.78. The molecule has 21 heavy (non-hydrogen) atoms. The van der Waals surface area contributed by atoms with Crippen LogP contribution in [0.2, 0.25) is 0 Å². The summed E-state index contributed by atoms with van der Waals surface area (Å²) < 4.78 is 23.4. The number of sulfone groups is 1. The molecule has 0 amide bonds. The maximum atomic E-state index is 12.1. The zero-order chi connectivity index (χ0) is 15.4. The third-order valence-electron chi connectivity index (χ3n) is 3.58. The van der Waals surface area contributed by atoms with Crippen LogP contribution in [0.5, 0.6) is 0 Å². The lowest BCUT2D eigenvalue weighted by Gasteiger charge is -2.39. The topological polar surface area (TPSA) is 61.8 Å². The van der Waals surface area contributed by atoms with Crippen LogP contribution in [-0.2, 0) is 9.84 Å². The number of thioether (sulfide) groups is 1. The van der Waals surface area contributed by atoms with Crippen molar-refractivity contribution in [2.24, 2.45) is 4.99 Å². The van der Waals surface area contributed by atoms with E-state index in [9.17, 15) is 8.42 Å². The average molecular weight is 449 g/mol. The fraction of sp³-hybridized carbons (Fsp3) is 0.923. The molecular weight excluding hydrogens is 421 g/mol. The maximum Gasteiger partial charge on any atom is 0.194 e. The second kappa shape index (κ2) is 8.81. The van der Waals surface area contributed by atoms with Crippen LogP contribution in [0.25, 0.3) is 0 Å². The molecule has 0 saturated carbocycles. The number of halogens is 1. The Kier molecular flexibility index (Phi) is 8.93. The van der Waals surface area contributed by atoms with Gasteiger partial charge in [-0.3, -0.25) is 4.99 Å². The fourth-order valence-corrected chi connectivity index (χ4v) is 3.63. The highest BCUT2D eigenvalue weighted by Gasteiger charge is 2.40. The molecule has 0 aromatic rings. The van der Waals surface area contributed by atoms with Crippen molar-refractivity contribution in [1.29, 1.82) is 0 Å². The van der Waals surface area contributed by atoms with Crippen molar-refractivity contribution in [3.8, 4) is 0 Å². The van der Waals surface area contributed by atoms with E-state index in [2.05, 4.69) is 28.4 Å². The zero-order valence-corrected chi connectivity index (χ0v) is 17.5. The number of hydrogen-bond donors (Lipinski definition) is 1. The summed E-state index contributed by atoms with van der Waals surface area (Å²) in [6, 6.07) is 0. The van der Waals surface area contributed by atoms with E-state index in [1.807, 2.05) is 6.92 Å². The van der Waals surface area contributed by atoms with Gasteiger partial charge in [0, 0.05) is 24.9 Å². The van der Waals surface area contributed by atoms with Crippen molar-refractivity contribution < 1.29 is 8.42 Å². The van der Waals surface area contributed by atoms with E-state index in [-0.39, 0.29) is 29.7 Å². The second-order valence-corrected chi connectivity index (χ2v) is 9.76. The molecule has 0 spiro atoms. The van der Waals surface area contributed by atoms with E-state index in [0.717, 1.165) is 19.0 Å². The molecule has 126 valence electrons. The minimum atomic E-state index is -3.01. The number of rotatable bonds is 4. The summed E-state index contributed by atoms with van der Waals surface area (Å²) in [5.74, 6) is 1.03. The molecule has 1 fully saturated rings. The largest absolute Gasteiger partial charge is 0.357 e. The van der Waals surface area contributed by atoms with Crippen molar-refractivity contribution in [2.45, 2.75) is 37.7 Å². The molecule has 1 aliphatic rings. The van der Waals surface area contributed by atoms with E-state index in [1.165, 1.54) is 0 Å². The van der Waals surface area contributed by atoms with Gasteiger partial charge in [-0.2, -0.15) is 11.8 Å². The Morgan fingerprint density at radius 1 is 1.48 bits per heavy atom. The minimum absolute atomic E-state index is 0. The standard InChI is InChI=1S/C13H27N3O2S2.HI/c1-6-14-12(15-9-11(2)19-5)16-7-8-20(17,18)13(3,4)10-16;/h11H,6-10H2,1-5H3,(H,14,15);1H. The van der Waals surface area contributed by atoms with Crippen molar-refractivity contribution in [1.82, 2.24) is 10.2 Å². The van der Waals surface area contributed by atoms with E-state index < -0.39 is 14.6 Å². The molecule has 1 N–H and O–H groups in total. The molecule has 1 aliphatic heterocycles. The molecule has 0 bridgehead atoms. The summed E-state index contributed by atoms with van der Waals surface area (Å²) in [4.78, 5) is 6.70. The Morgan fingerprint density at radius 3 is 2.57 bits per heavy atom. The van der Waals surface area contributed by atoms with Crippen molar-refractivity contribution in [2.75, 3.05) is 38.2 Å². The Labute approximate surface area is 150 Å². The van der Waals surface area contributed by atoms with Crippen LogP contribution in [0.1, 0.15) is 27.7 Å². The highest BCUT2D eigenvalue weighted by Crippen LogP contribution is 2.23. The van der Waals surface area contributed by atoms with Gasteiger partial charge in [-0.25, -0.2) is 8.42 Å². The molecule has 1 unspecified atom stereocenters. The Balaban J connectivity index is 0.00000400. The summed E-state index contributed by atoms with van der Waals surface area (Å²) in [6.45, 7) is 10.3. The molecular formula is C13H28IN3O2S2. The van der Waals surface area contributed by atoms with Gasteiger partial charge in [-0.1, -0.05) is 6.92 Å². The van der Waals surface area contributed by atoms with Crippen LogP contribution in [0, 0.1) is 0 Å². The van der Waals surface area contributed by atoms with Crippen LogP contribution in [0.3, 0.4) is 0 Å². The number of nitrogens with one attached hydrogen (secondary N) is 1. The minimum Gasteiger partial charge on any atom is -0.357 e. The summed E-state index contributed by atoms with van der Waals surface area (Å²) in [7, 11) is -3.01. The van der Waals surface area contributed by atoms with E-state index in [0.29, 0.717) is 18.3 Å². The number of nitrogens with zero attached hydrogens (tertiary/aromatic N) is 2. The van der Waals surface area contributed by atoms with Gasteiger partial charge in [0.05, 0.1) is 17.0 Å². The molecule has 8 heteroatoms. The van der Waals surface area contributed by atoms with Gasteiger partial charge in [-0.05, 0) is 27.0 Å². The first-order chi connectivity index (χ1) is 9.23. The third-order valence-corrected chi connectivity index (χ3v) is 7.07. The molecule has 1 atom stereocenters. The molecule has 1 heterocycles. The van der Waals surface area contributed by atoms with Gasteiger partial charge in [0.2, 0.25) is 0 Å². The summed E-state index contributed by atoms with van der Waals surface area (Å²) >= 11 is 1.78. The van der Waals surface area contributed by atoms with Crippen LogP contribution >= 0.6 is 35.7 Å². The van der Waals surface area contributed by atoms with Gasteiger partial charge in [-0.15, -0.1) is 24.0 Å². The summed E-state index contributed by atoms with van der Waals surface area (Å²) in [6.07, 6.45) is 2.07. The van der Waals surface area contributed by atoms with Crippen molar-refractivity contribution in [3.05, 3.63) is 0 Å². The van der Waals surface area contributed by atoms with Gasteiger partial charge < -0.3 is 10.2 Å². The lowest BCUT2D eigenvalue weighted by atomic mass is 10.2. The Morgan fingerprint density at radius 2 is 2.10 bits per heavy atom. The quantitative estimate of drug-likeness (QED) is 0.403. The van der Waals surface area contributed by atoms with Crippen LogP contribution in [0.15, 0.2) is 4.99 Å². The van der Waals surface area contributed by atoms with E-state index >= 15 is 0 Å². The monoisotopic (exact) mass is 449 g/mol. The normalized spacial score (nSPS) is 22.3. The molecule has 0 radical (unpaired) electrons. The average Bonchev–Trinajstić information content (AvgIpc) is 2.37. The molecule has 0 aliphatic carbocycles. The first-order valence-corrected chi connectivity index (χ1v) is 9.96. The number of guanidine groups is 1. The van der Waals surface area contributed by atoms with Gasteiger partial charge in [0.25, 0.3) is 0 Å². The number of hydrogen-bond acceptors (Lipinski definition) is 4. The van der Waals surface area contributed by atoms with Crippen LogP contribution in [-0.4, -0.2) is 67.5 Å². The summed E-state index contributed by atoms with van der Waals surface area (Å²) in [5.41, 5.74) is 0. The zero-order valence-electron chi connectivity index (χ0n) is 13.5. The van der Waals surface area contributed by atoms with Crippen molar-refractivity contribution >= 4 is 51.5 Å². The van der Waals surface area contributed by atoms with Crippen molar-refractivity contribution in [3.63, 3.8) is 0 Å². The number of aliphatic imine (C=N–C) groups is 1. The highest BCUT2D eigenvalue weighted by atomic mass is 127.